The molecule has 0 radical (unpaired) electrons. The molecule has 1 unspecified atom stereocenters. The Morgan fingerprint density at radius 1 is 1.11 bits per heavy atom. The average molecular weight is 263 g/mol. The lowest BCUT2D eigenvalue weighted by Crippen LogP contribution is -2.18. The molecule has 2 rings (SSSR count). The summed E-state index contributed by atoms with van der Waals surface area (Å²) >= 11 is 5.83. The molecule has 0 fully saturated rings. The molecule has 0 aliphatic carbocycles. The van der Waals surface area contributed by atoms with Crippen molar-refractivity contribution in [3.05, 3.63) is 65.2 Å². The van der Waals surface area contributed by atoms with Crippen LogP contribution in [0.2, 0.25) is 5.02 Å². The molecule has 1 atom stereocenters. The Balaban J connectivity index is 2.25. The van der Waals surface area contributed by atoms with Gasteiger partial charge in [0.05, 0.1) is 0 Å². The van der Waals surface area contributed by atoms with E-state index in [-0.39, 0.29) is 0 Å². The first-order valence-electron chi connectivity index (χ1n) is 5.37. The number of rotatable bonds is 4. The van der Waals surface area contributed by atoms with Gasteiger partial charge in [-0.05, 0) is 18.2 Å². The summed E-state index contributed by atoms with van der Waals surface area (Å²) in [5.74, 6) is -0.611. The predicted molar refractivity (Wildman–Crippen MR) is 68.9 cm³/mol. The van der Waals surface area contributed by atoms with E-state index < -0.39 is 12.1 Å². The summed E-state index contributed by atoms with van der Waals surface area (Å²) < 4.78 is 5.46. The van der Waals surface area contributed by atoms with Crippen molar-refractivity contribution in [3.8, 4) is 5.75 Å². The van der Waals surface area contributed by atoms with E-state index >= 15 is 0 Å². The Morgan fingerprint density at radius 3 is 2.44 bits per heavy atom. The van der Waals surface area contributed by atoms with Crippen molar-refractivity contribution in [3.63, 3.8) is 0 Å². The van der Waals surface area contributed by atoms with Crippen LogP contribution in [-0.2, 0) is 4.79 Å². The van der Waals surface area contributed by atoms with Gasteiger partial charge in [0.1, 0.15) is 5.75 Å². The van der Waals surface area contributed by atoms with Gasteiger partial charge in [0.2, 0.25) is 6.10 Å². The standard InChI is InChI=1S/C14H11ClO3/c15-11-7-4-8-12(9-11)18-13(14(16)17)10-5-2-1-3-6-10/h1-9,13H,(H,16,17). The van der Waals surface area contributed by atoms with Crippen LogP contribution < -0.4 is 4.74 Å². The van der Waals surface area contributed by atoms with Crippen molar-refractivity contribution >= 4 is 17.6 Å². The molecular formula is C14H11ClO3. The van der Waals surface area contributed by atoms with Crippen LogP contribution in [0, 0.1) is 0 Å². The highest BCUT2D eigenvalue weighted by molar-refractivity contribution is 6.30. The Labute approximate surface area is 110 Å². The van der Waals surface area contributed by atoms with Gasteiger partial charge < -0.3 is 9.84 Å². The highest BCUT2D eigenvalue weighted by Crippen LogP contribution is 2.24. The fourth-order valence-electron chi connectivity index (χ4n) is 1.57. The fraction of sp³-hybridized carbons (Fsp3) is 0.0714. The summed E-state index contributed by atoms with van der Waals surface area (Å²) in [4.78, 5) is 11.2. The monoisotopic (exact) mass is 262 g/mol. The molecule has 0 amide bonds. The molecule has 0 aliphatic heterocycles. The normalized spacial score (nSPS) is 11.8. The molecule has 0 bridgehead atoms. The summed E-state index contributed by atoms with van der Waals surface area (Å²) in [5, 5.41) is 9.70. The average Bonchev–Trinajstić information content (AvgIpc) is 2.37. The van der Waals surface area contributed by atoms with Crippen LogP contribution in [-0.4, -0.2) is 11.1 Å². The van der Waals surface area contributed by atoms with Gasteiger partial charge in [-0.3, -0.25) is 0 Å². The highest BCUT2D eigenvalue weighted by atomic mass is 35.5. The van der Waals surface area contributed by atoms with Crippen LogP contribution in [0.25, 0.3) is 0 Å². The van der Waals surface area contributed by atoms with Gasteiger partial charge in [-0.15, -0.1) is 0 Å². The molecule has 1 N–H and O–H groups in total. The van der Waals surface area contributed by atoms with E-state index in [1.165, 1.54) is 0 Å². The summed E-state index contributed by atoms with van der Waals surface area (Å²) in [6.07, 6.45) is -1.04. The number of hydrogen-bond donors (Lipinski definition) is 1. The van der Waals surface area contributed by atoms with Crippen LogP contribution in [0.3, 0.4) is 0 Å². The van der Waals surface area contributed by atoms with E-state index in [9.17, 15) is 9.90 Å². The quantitative estimate of drug-likeness (QED) is 0.917. The zero-order valence-electron chi connectivity index (χ0n) is 9.42. The predicted octanol–water partition coefficient (Wildman–Crippen LogP) is 3.54. The molecule has 4 heteroatoms. The zero-order chi connectivity index (χ0) is 13.0. The minimum absolute atomic E-state index is 0.429. The second kappa shape index (κ2) is 5.56. The fourth-order valence-corrected chi connectivity index (χ4v) is 1.75. The first-order chi connectivity index (χ1) is 8.66. The Kier molecular flexibility index (Phi) is 3.85. The largest absolute Gasteiger partial charge is 0.478 e. The van der Waals surface area contributed by atoms with Gasteiger partial charge in [0.25, 0.3) is 0 Å². The summed E-state index contributed by atoms with van der Waals surface area (Å²) in [6.45, 7) is 0. The lowest BCUT2D eigenvalue weighted by atomic mass is 10.1. The van der Waals surface area contributed by atoms with E-state index in [0.29, 0.717) is 16.3 Å². The zero-order valence-corrected chi connectivity index (χ0v) is 10.2. The topological polar surface area (TPSA) is 46.5 Å². The van der Waals surface area contributed by atoms with Gasteiger partial charge in [-0.2, -0.15) is 0 Å². The number of hydrogen-bond acceptors (Lipinski definition) is 2. The third-order valence-corrected chi connectivity index (χ3v) is 2.61. The molecule has 0 aliphatic rings. The minimum atomic E-state index is -1.04. The smallest absolute Gasteiger partial charge is 0.349 e. The number of aliphatic carboxylic acids is 1. The van der Waals surface area contributed by atoms with E-state index in [1.54, 1.807) is 48.5 Å². The highest BCUT2D eigenvalue weighted by Gasteiger charge is 2.21. The second-order valence-electron chi connectivity index (χ2n) is 3.70. The molecule has 0 heterocycles. The molecule has 0 saturated carbocycles. The van der Waals surface area contributed by atoms with Gasteiger partial charge in [-0.1, -0.05) is 48.0 Å². The molecule has 0 spiro atoms. The van der Waals surface area contributed by atoms with Gasteiger partial charge in [-0.25, -0.2) is 4.79 Å². The van der Waals surface area contributed by atoms with Crippen LogP contribution in [0.5, 0.6) is 5.75 Å². The molecule has 18 heavy (non-hydrogen) atoms. The third-order valence-electron chi connectivity index (χ3n) is 2.38. The third kappa shape index (κ3) is 3.02. The van der Waals surface area contributed by atoms with Gasteiger partial charge in [0, 0.05) is 10.6 Å². The van der Waals surface area contributed by atoms with Crippen molar-refractivity contribution in [1.82, 2.24) is 0 Å². The van der Waals surface area contributed by atoms with E-state index in [1.807, 2.05) is 6.07 Å². The maximum Gasteiger partial charge on any atom is 0.349 e. The summed E-state index contributed by atoms with van der Waals surface area (Å²) in [5.41, 5.74) is 0.588. The SMILES string of the molecule is O=C(O)C(Oc1cccc(Cl)c1)c1ccccc1. The molecule has 2 aromatic rings. The molecule has 0 aromatic heterocycles. The maximum absolute atomic E-state index is 11.2. The van der Waals surface area contributed by atoms with Crippen molar-refractivity contribution < 1.29 is 14.6 Å². The van der Waals surface area contributed by atoms with Gasteiger partial charge >= 0.3 is 5.97 Å². The van der Waals surface area contributed by atoms with Crippen molar-refractivity contribution in [2.45, 2.75) is 6.10 Å². The van der Waals surface area contributed by atoms with Crippen LogP contribution in [0.4, 0.5) is 0 Å². The number of carboxylic acid groups (broad SMARTS) is 1. The van der Waals surface area contributed by atoms with Crippen molar-refractivity contribution in [2.24, 2.45) is 0 Å². The molecule has 2 aromatic carbocycles. The van der Waals surface area contributed by atoms with E-state index in [2.05, 4.69) is 0 Å². The van der Waals surface area contributed by atoms with Crippen LogP contribution in [0.1, 0.15) is 11.7 Å². The minimum Gasteiger partial charge on any atom is -0.478 e. The van der Waals surface area contributed by atoms with E-state index in [4.69, 9.17) is 16.3 Å². The Morgan fingerprint density at radius 2 is 1.83 bits per heavy atom. The number of ether oxygens (including phenoxy) is 1. The first-order valence-corrected chi connectivity index (χ1v) is 5.74. The van der Waals surface area contributed by atoms with E-state index in [0.717, 1.165) is 0 Å². The Bertz CT molecular complexity index is 540. The number of halogens is 1. The number of carbonyl (C=O) groups is 1. The number of benzene rings is 2. The summed E-state index contributed by atoms with van der Waals surface area (Å²) in [6, 6.07) is 15.5. The molecule has 92 valence electrons. The van der Waals surface area contributed by atoms with Gasteiger partial charge in [0.15, 0.2) is 0 Å². The molecule has 3 nitrogen and oxygen atoms in total. The second-order valence-corrected chi connectivity index (χ2v) is 4.14. The van der Waals surface area contributed by atoms with Crippen LogP contribution >= 0.6 is 11.6 Å². The lowest BCUT2D eigenvalue weighted by molar-refractivity contribution is -0.145. The molecule has 0 saturated heterocycles. The van der Waals surface area contributed by atoms with Crippen LogP contribution in [0.15, 0.2) is 54.6 Å². The lowest BCUT2D eigenvalue weighted by Gasteiger charge is -2.15. The molecular weight excluding hydrogens is 252 g/mol. The Hall–Kier alpha value is -2.00. The summed E-state index contributed by atoms with van der Waals surface area (Å²) in [7, 11) is 0. The number of carboxylic acids is 1. The maximum atomic E-state index is 11.2. The first kappa shape index (κ1) is 12.5. The van der Waals surface area contributed by atoms with Crippen molar-refractivity contribution in [1.29, 1.82) is 0 Å². The van der Waals surface area contributed by atoms with Crippen molar-refractivity contribution in [2.75, 3.05) is 0 Å².